The molecule has 194 valence electrons. The second-order valence-electron chi connectivity index (χ2n) is 8.75. The van der Waals surface area contributed by atoms with E-state index in [0.29, 0.717) is 19.7 Å². The van der Waals surface area contributed by atoms with Gasteiger partial charge in [-0.05, 0) is 66.4 Å². The molecule has 0 atom stereocenters. The molecule has 2 amide bonds. The van der Waals surface area contributed by atoms with Crippen molar-refractivity contribution in [3.8, 4) is 0 Å². The van der Waals surface area contributed by atoms with Gasteiger partial charge in [0, 0.05) is 28.6 Å². The predicted molar refractivity (Wildman–Crippen MR) is 154 cm³/mol. The Balaban J connectivity index is 1.42. The first kappa shape index (κ1) is 27.0. The lowest BCUT2D eigenvalue weighted by Crippen LogP contribution is -2.41. The van der Waals surface area contributed by atoms with E-state index in [2.05, 4.69) is 17.4 Å². The SMILES string of the molecule is CCOC(=O)Cc1ccc(Sc2ccc(N(CCc3ccccc3)C(=O)NCc3ccccc3)cc2)cc1. The Labute approximate surface area is 228 Å². The first-order valence-electron chi connectivity index (χ1n) is 12.8. The Morgan fingerprint density at radius 3 is 1.92 bits per heavy atom. The van der Waals surface area contributed by atoms with Crippen LogP contribution in [0.25, 0.3) is 0 Å². The van der Waals surface area contributed by atoms with Gasteiger partial charge in [-0.2, -0.15) is 0 Å². The molecule has 6 heteroatoms. The molecule has 4 rings (SSSR count). The minimum atomic E-state index is -0.215. The Morgan fingerprint density at radius 2 is 1.32 bits per heavy atom. The first-order valence-corrected chi connectivity index (χ1v) is 13.6. The lowest BCUT2D eigenvalue weighted by Gasteiger charge is -2.24. The van der Waals surface area contributed by atoms with Crippen LogP contribution in [0, 0.1) is 0 Å². The average molecular weight is 525 g/mol. The van der Waals surface area contributed by atoms with Crippen molar-refractivity contribution in [1.82, 2.24) is 5.32 Å². The van der Waals surface area contributed by atoms with Crippen LogP contribution in [0.1, 0.15) is 23.6 Å². The van der Waals surface area contributed by atoms with Crippen LogP contribution in [0.3, 0.4) is 0 Å². The summed E-state index contributed by atoms with van der Waals surface area (Å²) in [5.41, 5.74) is 4.02. The molecule has 0 saturated heterocycles. The summed E-state index contributed by atoms with van der Waals surface area (Å²) in [7, 11) is 0. The lowest BCUT2D eigenvalue weighted by molar-refractivity contribution is -0.142. The number of rotatable bonds is 11. The van der Waals surface area contributed by atoms with Crippen LogP contribution >= 0.6 is 11.8 Å². The molecule has 0 heterocycles. The number of hydrogen-bond donors (Lipinski definition) is 1. The predicted octanol–water partition coefficient (Wildman–Crippen LogP) is 6.90. The number of benzene rings is 4. The zero-order valence-electron chi connectivity index (χ0n) is 21.5. The van der Waals surface area contributed by atoms with E-state index >= 15 is 0 Å². The minimum absolute atomic E-state index is 0.123. The molecule has 0 aliphatic carbocycles. The van der Waals surface area contributed by atoms with Gasteiger partial charge in [-0.3, -0.25) is 9.69 Å². The van der Waals surface area contributed by atoms with Gasteiger partial charge in [0.15, 0.2) is 0 Å². The minimum Gasteiger partial charge on any atom is -0.466 e. The molecule has 0 bridgehead atoms. The zero-order chi connectivity index (χ0) is 26.6. The largest absolute Gasteiger partial charge is 0.466 e. The second-order valence-corrected chi connectivity index (χ2v) is 9.90. The van der Waals surface area contributed by atoms with Crippen molar-refractivity contribution in [3.05, 3.63) is 126 Å². The molecule has 0 fully saturated rings. The van der Waals surface area contributed by atoms with Crippen molar-refractivity contribution in [1.29, 1.82) is 0 Å². The van der Waals surface area contributed by atoms with Crippen molar-refractivity contribution in [2.75, 3.05) is 18.1 Å². The maximum atomic E-state index is 13.2. The van der Waals surface area contributed by atoms with Crippen molar-refractivity contribution in [2.24, 2.45) is 0 Å². The average Bonchev–Trinajstić information content (AvgIpc) is 2.95. The van der Waals surface area contributed by atoms with Crippen molar-refractivity contribution >= 4 is 29.4 Å². The van der Waals surface area contributed by atoms with Gasteiger partial charge in [-0.1, -0.05) is 84.6 Å². The fourth-order valence-electron chi connectivity index (χ4n) is 3.99. The highest BCUT2D eigenvalue weighted by Crippen LogP contribution is 2.30. The molecule has 0 aliphatic heterocycles. The van der Waals surface area contributed by atoms with Crippen LogP contribution in [0.5, 0.6) is 0 Å². The molecule has 0 radical (unpaired) electrons. The van der Waals surface area contributed by atoms with E-state index in [-0.39, 0.29) is 18.4 Å². The van der Waals surface area contributed by atoms with Gasteiger partial charge in [0.05, 0.1) is 13.0 Å². The number of ether oxygens (including phenoxy) is 1. The molecule has 0 aliphatic rings. The number of hydrogen-bond acceptors (Lipinski definition) is 4. The molecular formula is C32H32N2O3S. The van der Waals surface area contributed by atoms with Crippen LogP contribution in [-0.2, 0) is 28.9 Å². The standard InChI is InChI=1S/C32H32N2O3S/c1-2-37-31(35)23-26-13-17-29(18-14-26)38-30-19-15-28(16-20-30)34(22-21-25-9-5-3-6-10-25)32(36)33-24-27-11-7-4-8-12-27/h3-20H,2,21-24H2,1H3,(H,33,36). The number of carbonyl (C=O) groups excluding carboxylic acids is 2. The number of nitrogens with zero attached hydrogens (tertiary/aromatic N) is 1. The summed E-state index contributed by atoms with van der Waals surface area (Å²) in [5, 5.41) is 3.06. The van der Waals surface area contributed by atoms with E-state index < -0.39 is 0 Å². The Kier molecular flexibility index (Phi) is 9.99. The molecule has 38 heavy (non-hydrogen) atoms. The molecule has 0 aromatic heterocycles. The van der Waals surface area contributed by atoms with Crippen LogP contribution in [0.4, 0.5) is 10.5 Å². The molecule has 0 saturated carbocycles. The molecular weight excluding hydrogens is 492 g/mol. The van der Waals surface area contributed by atoms with Crippen LogP contribution < -0.4 is 10.2 Å². The molecule has 4 aromatic carbocycles. The number of nitrogens with one attached hydrogen (secondary N) is 1. The van der Waals surface area contributed by atoms with E-state index in [1.807, 2.05) is 104 Å². The highest BCUT2D eigenvalue weighted by atomic mass is 32.2. The fraction of sp³-hybridized carbons (Fsp3) is 0.188. The second kappa shape index (κ2) is 14.1. The highest BCUT2D eigenvalue weighted by molar-refractivity contribution is 7.99. The summed E-state index contributed by atoms with van der Waals surface area (Å²) >= 11 is 1.64. The van der Waals surface area contributed by atoms with Crippen molar-refractivity contribution in [3.63, 3.8) is 0 Å². The molecule has 0 unspecified atom stereocenters. The van der Waals surface area contributed by atoms with Crippen molar-refractivity contribution in [2.45, 2.75) is 36.1 Å². The smallest absolute Gasteiger partial charge is 0.322 e. The number of esters is 1. The lowest BCUT2D eigenvalue weighted by atomic mass is 10.1. The maximum Gasteiger partial charge on any atom is 0.322 e. The van der Waals surface area contributed by atoms with E-state index in [1.54, 1.807) is 16.7 Å². The third-order valence-electron chi connectivity index (χ3n) is 5.96. The van der Waals surface area contributed by atoms with Crippen molar-refractivity contribution < 1.29 is 14.3 Å². The fourth-order valence-corrected chi connectivity index (χ4v) is 4.80. The summed E-state index contributed by atoms with van der Waals surface area (Å²) in [6, 6.07) is 36.0. The summed E-state index contributed by atoms with van der Waals surface area (Å²) < 4.78 is 5.02. The summed E-state index contributed by atoms with van der Waals surface area (Å²) in [5.74, 6) is -0.215. The number of amides is 2. The zero-order valence-corrected chi connectivity index (χ0v) is 22.3. The normalized spacial score (nSPS) is 10.6. The topological polar surface area (TPSA) is 58.6 Å². The van der Waals surface area contributed by atoms with Crippen LogP contribution in [-0.4, -0.2) is 25.2 Å². The Bertz CT molecular complexity index is 1290. The van der Waals surface area contributed by atoms with E-state index in [4.69, 9.17) is 4.74 Å². The summed E-state index contributed by atoms with van der Waals surface area (Å²) in [6.45, 7) is 3.24. The Hall–Kier alpha value is -4.03. The van der Waals surface area contributed by atoms with E-state index in [9.17, 15) is 9.59 Å². The number of urea groups is 1. The van der Waals surface area contributed by atoms with Gasteiger partial charge in [-0.15, -0.1) is 0 Å². The van der Waals surface area contributed by atoms with Crippen LogP contribution in [0.15, 0.2) is 119 Å². The quantitative estimate of drug-likeness (QED) is 0.217. The van der Waals surface area contributed by atoms with E-state index in [1.165, 1.54) is 5.56 Å². The van der Waals surface area contributed by atoms with Gasteiger partial charge in [0.2, 0.25) is 0 Å². The third kappa shape index (κ3) is 8.25. The Morgan fingerprint density at radius 1 is 0.737 bits per heavy atom. The molecule has 5 nitrogen and oxygen atoms in total. The molecule has 0 spiro atoms. The molecule has 4 aromatic rings. The van der Waals surface area contributed by atoms with Crippen LogP contribution in [0.2, 0.25) is 0 Å². The monoisotopic (exact) mass is 524 g/mol. The first-order chi connectivity index (χ1) is 18.6. The highest BCUT2D eigenvalue weighted by Gasteiger charge is 2.16. The number of anilines is 1. The van der Waals surface area contributed by atoms with Gasteiger partial charge < -0.3 is 10.1 Å². The van der Waals surface area contributed by atoms with Gasteiger partial charge in [-0.25, -0.2) is 4.79 Å². The third-order valence-corrected chi connectivity index (χ3v) is 6.98. The summed E-state index contributed by atoms with van der Waals surface area (Å²) in [4.78, 5) is 28.9. The van der Waals surface area contributed by atoms with Gasteiger partial charge >= 0.3 is 12.0 Å². The molecule has 1 N–H and O–H groups in total. The number of carbonyl (C=O) groups is 2. The van der Waals surface area contributed by atoms with E-state index in [0.717, 1.165) is 33.0 Å². The maximum absolute atomic E-state index is 13.2. The van der Waals surface area contributed by atoms with Gasteiger partial charge in [0.25, 0.3) is 0 Å². The van der Waals surface area contributed by atoms with Gasteiger partial charge in [0.1, 0.15) is 0 Å². The summed E-state index contributed by atoms with van der Waals surface area (Å²) in [6.07, 6.45) is 1.03.